The maximum atomic E-state index is 13.4. The van der Waals surface area contributed by atoms with E-state index in [-0.39, 0.29) is 29.1 Å². The van der Waals surface area contributed by atoms with Crippen LogP contribution in [0.25, 0.3) is 11.3 Å². The van der Waals surface area contributed by atoms with Crippen molar-refractivity contribution in [2.45, 2.75) is 38.8 Å². The molecule has 0 aliphatic carbocycles. The van der Waals surface area contributed by atoms with E-state index in [1.807, 2.05) is 42.5 Å². The lowest BCUT2D eigenvalue weighted by Gasteiger charge is -2.27. The molecule has 2 heterocycles. The fourth-order valence-corrected chi connectivity index (χ4v) is 5.58. The van der Waals surface area contributed by atoms with Crippen molar-refractivity contribution in [1.29, 1.82) is 0 Å². The molecule has 7 heteroatoms. The molecular weight excluding hydrogens is 412 g/mol. The zero-order valence-electron chi connectivity index (χ0n) is 17.7. The highest BCUT2D eigenvalue weighted by atomic mass is 32.2. The molecule has 1 atom stereocenters. The van der Waals surface area contributed by atoms with Gasteiger partial charge < -0.3 is 9.42 Å². The monoisotopic (exact) mass is 438 g/mol. The summed E-state index contributed by atoms with van der Waals surface area (Å²) in [4.78, 5) is 15.0. The Balaban J connectivity index is 1.61. The van der Waals surface area contributed by atoms with Crippen LogP contribution < -0.4 is 0 Å². The van der Waals surface area contributed by atoms with Crippen molar-refractivity contribution >= 4 is 15.7 Å². The van der Waals surface area contributed by atoms with Crippen LogP contribution in [0.3, 0.4) is 0 Å². The number of aromatic nitrogens is 1. The van der Waals surface area contributed by atoms with Crippen molar-refractivity contribution in [2.24, 2.45) is 0 Å². The van der Waals surface area contributed by atoms with Crippen molar-refractivity contribution in [2.75, 3.05) is 11.5 Å². The van der Waals surface area contributed by atoms with Crippen molar-refractivity contribution in [3.05, 3.63) is 77.5 Å². The first-order valence-corrected chi connectivity index (χ1v) is 12.3. The summed E-state index contributed by atoms with van der Waals surface area (Å²) in [5.41, 5.74) is 3.18. The number of nitrogens with zero attached hydrogens (tertiary/aromatic N) is 2. The second-order valence-electron chi connectivity index (χ2n) is 8.33. The van der Waals surface area contributed by atoms with E-state index < -0.39 is 9.84 Å². The van der Waals surface area contributed by atoms with Gasteiger partial charge in [-0.25, -0.2) is 8.42 Å². The first-order chi connectivity index (χ1) is 14.8. The van der Waals surface area contributed by atoms with Crippen molar-refractivity contribution in [3.8, 4) is 11.3 Å². The lowest BCUT2D eigenvalue weighted by Crippen LogP contribution is -2.40. The van der Waals surface area contributed by atoms with Gasteiger partial charge in [0.1, 0.15) is 0 Å². The summed E-state index contributed by atoms with van der Waals surface area (Å²) in [6.07, 6.45) is 0.432. The molecule has 1 aliphatic heterocycles. The Morgan fingerprint density at radius 3 is 2.45 bits per heavy atom. The van der Waals surface area contributed by atoms with E-state index in [9.17, 15) is 13.2 Å². The van der Waals surface area contributed by atoms with Crippen LogP contribution in [0.1, 0.15) is 47.8 Å². The minimum Gasteiger partial charge on any atom is -0.355 e. The predicted molar refractivity (Wildman–Crippen MR) is 119 cm³/mol. The van der Waals surface area contributed by atoms with Gasteiger partial charge in [-0.05, 0) is 23.5 Å². The Kier molecular flexibility index (Phi) is 5.96. The lowest BCUT2D eigenvalue weighted by molar-refractivity contribution is 0.0670. The first-order valence-electron chi connectivity index (χ1n) is 10.4. The van der Waals surface area contributed by atoms with Crippen LogP contribution in [0, 0.1) is 0 Å². The van der Waals surface area contributed by atoms with Gasteiger partial charge in [0.15, 0.2) is 21.3 Å². The molecule has 0 bridgehead atoms. The molecular formula is C24H26N2O4S. The molecule has 6 nitrogen and oxygen atoms in total. The Morgan fingerprint density at radius 2 is 1.84 bits per heavy atom. The van der Waals surface area contributed by atoms with Gasteiger partial charge in [0, 0.05) is 24.2 Å². The van der Waals surface area contributed by atoms with E-state index in [2.05, 4.69) is 31.1 Å². The standard InChI is InChI=1S/C24H26N2O4S/c1-17(2)19-10-8-18(9-11-19)15-26(21-12-13-31(28,29)16-21)24(27)22-14-23(30-25-22)20-6-4-3-5-7-20/h3-11,14,17,21H,12-13,15-16H2,1-2H3/t21-/m1/s1. The molecule has 1 amide bonds. The van der Waals surface area contributed by atoms with Gasteiger partial charge >= 0.3 is 0 Å². The summed E-state index contributed by atoms with van der Waals surface area (Å²) in [6, 6.07) is 18.8. The quantitative estimate of drug-likeness (QED) is 0.573. The Hall–Kier alpha value is -2.93. The molecule has 0 saturated carbocycles. The van der Waals surface area contributed by atoms with E-state index in [1.165, 1.54) is 5.56 Å². The summed E-state index contributed by atoms with van der Waals surface area (Å²) in [7, 11) is -3.14. The molecule has 31 heavy (non-hydrogen) atoms. The third-order valence-corrected chi connectivity index (χ3v) is 7.45. The molecule has 2 aromatic carbocycles. The maximum absolute atomic E-state index is 13.4. The Bertz CT molecular complexity index is 1150. The third kappa shape index (κ3) is 4.88. The minimum absolute atomic E-state index is 0.0216. The normalized spacial score (nSPS) is 17.7. The third-order valence-electron chi connectivity index (χ3n) is 5.70. The van der Waals surface area contributed by atoms with Crippen molar-refractivity contribution in [3.63, 3.8) is 0 Å². The number of hydrogen-bond acceptors (Lipinski definition) is 5. The summed E-state index contributed by atoms with van der Waals surface area (Å²) in [5.74, 6) is 0.678. The molecule has 1 fully saturated rings. The molecule has 1 aliphatic rings. The number of hydrogen-bond donors (Lipinski definition) is 0. The molecule has 0 unspecified atom stereocenters. The Morgan fingerprint density at radius 1 is 1.13 bits per heavy atom. The molecule has 3 aromatic rings. The zero-order chi connectivity index (χ0) is 22.0. The number of sulfone groups is 1. The molecule has 1 aromatic heterocycles. The van der Waals surface area contributed by atoms with Crippen LogP contribution in [0.2, 0.25) is 0 Å². The highest BCUT2D eigenvalue weighted by molar-refractivity contribution is 7.91. The molecule has 162 valence electrons. The smallest absolute Gasteiger partial charge is 0.276 e. The summed E-state index contributed by atoms with van der Waals surface area (Å²) in [5, 5.41) is 3.98. The average Bonchev–Trinajstić information content (AvgIpc) is 3.39. The van der Waals surface area contributed by atoms with Gasteiger partial charge in [-0.2, -0.15) is 0 Å². The van der Waals surface area contributed by atoms with Gasteiger partial charge in [-0.3, -0.25) is 4.79 Å². The average molecular weight is 439 g/mol. The van der Waals surface area contributed by atoms with E-state index in [4.69, 9.17) is 4.52 Å². The second kappa shape index (κ2) is 8.67. The highest BCUT2D eigenvalue weighted by Gasteiger charge is 2.36. The van der Waals surface area contributed by atoms with Crippen molar-refractivity contribution < 1.29 is 17.7 Å². The number of carbonyl (C=O) groups excluding carboxylic acids is 1. The van der Waals surface area contributed by atoms with Crippen LogP contribution in [0.15, 0.2) is 65.2 Å². The van der Waals surface area contributed by atoms with Gasteiger partial charge in [0.2, 0.25) is 0 Å². The van der Waals surface area contributed by atoms with Crippen LogP contribution >= 0.6 is 0 Å². The van der Waals surface area contributed by atoms with Gasteiger partial charge in [-0.1, -0.05) is 73.6 Å². The predicted octanol–water partition coefficient (Wildman–Crippen LogP) is 4.29. The van der Waals surface area contributed by atoms with Crippen LogP contribution in [-0.2, 0) is 16.4 Å². The number of rotatable bonds is 6. The van der Waals surface area contributed by atoms with Gasteiger partial charge in [0.05, 0.1) is 11.5 Å². The number of carbonyl (C=O) groups is 1. The van der Waals surface area contributed by atoms with Crippen LogP contribution in [0.4, 0.5) is 0 Å². The van der Waals surface area contributed by atoms with E-state index in [0.717, 1.165) is 11.1 Å². The molecule has 0 N–H and O–H groups in total. The fourth-order valence-electron chi connectivity index (χ4n) is 3.85. The van der Waals surface area contributed by atoms with Crippen LogP contribution in [0.5, 0.6) is 0 Å². The topological polar surface area (TPSA) is 80.5 Å². The first kappa shape index (κ1) is 21.3. The van der Waals surface area contributed by atoms with E-state index >= 15 is 0 Å². The van der Waals surface area contributed by atoms with Gasteiger partial charge in [-0.15, -0.1) is 0 Å². The van der Waals surface area contributed by atoms with Gasteiger partial charge in [0.25, 0.3) is 5.91 Å². The zero-order valence-corrected chi connectivity index (χ0v) is 18.5. The SMILES string of the molecule is CC(C)c1ccc(CN(C(=O)c2cc(-c3ccccc3)on2)[C@@H]2CCS(=O)(=O)C2)cc1. The number of benzene rings is 2. The number of amides is 1. The van der Waals surface area contributed by atoms with Crippen molar-refractivity contribution in [1.82, 2.24) is 10.1 Å². The van der Waals surface area contributed by atoms with E-state index in [1.54, 1.807) is 11.0 Å². The van der Waals surface area contributed by atoms with Crippen LogP contribution in [-0.4, -0.2) is 41.9 Å². The second-order valence-corrected chi connectivity index (χ2v) is 10.6. The lowest BCUT2D eigenvalue weighted by atomic mass is 10.0. The molecule has 0 spiro atoms. The largest absolute Gasteiger partial charge is 0.355 e. The Labute approximate surface area is 182 Å². The fraction of sp³-hybridized carbons (Fsp3) is 0.333. The highest BCUT2D eigenvalue weighted by Crippen LogP contribution is 2.25. The summed E-state index contributed by atoms with van der Waals surface area (Å²) >= 11 is 0. The minimum atomic E-state index is -3.14. The molecule has 4 rings (SSSR count). The van der Waals surface area contributed by atoms with E-state index in [0.29, 0.717) is 24.6 Å². The summed E-state index contributed by atoms with van der Waals surface area (Å²) in [6.45, 7) is 4.58. The molecule has 0 radical (unpaired) electrons. The summed E-state index contributed by atoms with van der Waals surface area (Å²) < 4.78 is 29.6. The maximum Gasteiger partial charge on any atom is 0.276 e. The molecule has 1 saturated heterocycles.